The lowest BCUT2D eigenvalue weighted by Gasteiger charge is -2.18. The highest BCUT2D eigenvalue weighted by molar-refractivity contribution is 7.80. The minimum absolute atomic E-state index is 0.407. The van der Waals surface area contributed by atoms with Gasteiger partial charge in [-0.15, -0.1) is 0 Å². The van der Waals surface area contributed by atoms with Gasteiger partial charge in [-0.1, -0.05) is 37.9 Å². The van der Waals surface area contributed by atoms with Crippen molar-refractivity contribution >= 4 is 17.2 Å². The number of nitrogens with two attached hydrogens (primary N) is 1. The van der Waals surface area contributed by atoms with Crippen LogP contribution >= 0.6 is 12.2 Å². The van der Waals surface area contributed by atoms with E-state index in [2.05, 4.69) is 9.55 Å². The number of imidazole rings is 1. The molecule has 0 amide bonds. The fraction of sp³-hybridized carbons (Fsp3) is 0.636. The van der Waals surface area contributed by atoms with E-state index in [9.17, 15) is 0 Å². The fourth-order valence-corrected chi connectivity index (χ4v) is 2.49. The van der Waals surface area contributed by atoms with Crippen LogP contribution in [0.1, 0.15) is 50.4 Å². The Labute approximate surface area is 95.7 Å². The van der Waals surface area contributed by atoms with Crippen LogP contribution in [0.5, 0.6) is 0 Å². The molecule has 1 aliphatic rings. The Morgan fingerprint density at radius 2 is 2.00 bits per heavy atom. The maximum absolute atomic E-state index is 5.65. The first-order valence-corrected chi connectivity index (χ1v) is 6.02. The van der Waals surface area contributed by atoms with Gasteiger partial charge in [-0.2, -0.15) is 0 Å². The summed E-state index contributed by atoms with van der Waals surface area (Å²) in [4.78, 5) is 4.62. The van der Waals surface area contributed by atoms with Gasteiger partial charge in [-0.25, -0.2) is 4.98 Å². The third-order valence-electron chi connectivity index (χ3n) is 3.11. The topological polar surface area (TPSA) is 43.8 Å². The van der Waals surface area contributed by atoms with Crippen LogP contribution in [0.4, 0.5) is 0 Å². The molecule has 1 fully saturated rings. The number of hydrogen-bond donors (Lipinski definition) is 1. The van der Waals surface area contributed by atoms with Crippen molar-refractivity contribution < 1.29 is 0 Å². The molecule has 3 nitrogen and oxygen atoms in total. The molecule has 0 aromatic carbocycles. The molecule has 1 aliphatic carbocycles. The molecule has 0 saturated heterocycles. The highest BCUT2D eigenvalue weighted by Gasteiger charge is 2.17. The summed E-state index contributed by atoms with van der Waals surface area (Å²) < 4.78 is 2.16. The van der Waals surface area contributed by atoms with E-state index in [4.69, 9.17) is 18.0 Å². The van der Waals surface area contributed by atoms with Crippen LogP contribution in [0.2, 0.25) is 0 Å². The van der Waals surface area contributed by atoms with Gasteiger partial charge in [0.15, 0.2) is 5.82 Å². The first-order chi connectivity index (χ1) is 7.29. The molecule has 0 aliphatic heterocycles. The maximum atomic E-state index is 5.65. The van der Waals surface area contributed by atoms with Gasteiger partial charge in [0, 0.05) is 18.4 Å². The van der Waals surface area contributed by atoms with Gasteiger partial charge < -0.3 is 10.3 Å². The Morgan fingerprint density at radius 3 is 2.60 bits per heavy atom. The van der Waals surface area contributed by atoms with Crippen LogP contribution in [0, 0.1) is 0 Å². The lowest BCUT2D eigenvalue weighted by Crippen LogP contribution is -2.20. The monoisotopic (exact) mass is 223 g/mol. The van der Waals surface area contributed by atoms with Gasteiger partial charge in [0.05, 0.1) is 0 Å². The van der Waals surface area contributed by atoms with Gasteiger partial charge >= 0.3 is 0 Å². The predicted molar refractivity (Wildman–Crippen MR) is 64.9 cm³/mol. The van der Waals surface area contributed by atoms with Gasteiger partial charge in [-0.05, 0) is 12.8 Å². The quantitative estimate of drug-likeness (QED) is 0.618. The molecule has 1 heterocycles. The standard InChI is InChI=1S/C11H17N3S/c12-10(15)11-13-7-8-14(11)9-5-3-1-2-4-6-9/h7-9H,1-6H2,(H2,12,15). The van der Waals surface area contributed by atoms with E-state index in [-0.39, 0.29) is 0 Å². The Balaban J connectivity index is 2.19. The molecule has 1 saturated carbocycles. The van der Waals surface area contributed by atoms with Gasteiger partial charge in [0.25, 0.3) is 0 Å². The van der Waals surface area contributed by atoms with Crippen molar-refractivity contribution in [2.75, 3.05) is 0 Å². The second kappa shape index (κ2) is 4.75. The zero-order valence-corrected chi connectivity index (χ0v) is 9.67. The zero-order valence-electron chi connectivity index (χ0n) is 8.85. The Hall–Kier alpha value is -0.900. The van der Waals surface area contributed by atoms with Crippen LogP contribution in [0.15, 0.2) is 12.4 Å². The molecule has 2 N–H and O–H groups in total. The lowest BCUT2D eigenvalue weighted by molar-refractivity contribution is 0.441. The van der Waals surface area contributed by atoms with Crippen molar-refractivity contribution in [1.29, 1.82) is 0 Å². The maximum Gasteiger partial charge on any atom is 0.167 e. The third kappa shape index (κ3) is 2.37. The average Bonchev–Trinajstić information content (AvgIpc) is 2.55. The molecule has 1 aromatic rings. The second-order valence-corrected chi connectivity index (χ2v) is 4.61. The van der Waals surface area contributed by atoms with E-state index in [1.54, 1.807) is 6.20 Å². The van der Waals surface area contributed by atoms with E-state index in [1.165, 1.54) is 38.5 Å². The largest absolute Gasteiger partial charge is 0.387 e. The molecular formula is C11H17N3S. The molecular weight excluding hydrogens is 206 g/mol. The molecule has 1 aromatic heterocycles. The highest BCUT2D eigenvalue weighted by Crippen LogP contribution is 2.27. The first-order valence-electron chi connectivity index (χ1n) is 5.61. The summed E-state index contributed by atoms with van der Waals surface area (Å²) in [7, 11) is 0. The van der Waals surface area contributed by atoms with Crippen molar-refractivity contribution in [2.45, 2.75) is 44.6 Å². The van der Waals surface area contributed by atoms with Gasteiger partial charge in [0.1, 0.15) is 4.99 Å². The molecule has 2 rings (SSSR count). The predicted octanol–water partition coefficient (Wildman–Crippen LogP) is 2.41. The molecule has 15 heavy (non-hydrogen) atoms. The van der Waals surface area contributed by atoms with E-state index in [1.807, 2.05) is 6.20 Å². The number of hydrogen-bond acceptors (Lipinski definition) is 2. The molecule has 0 radical (unpaired) electrons. The van der Waals surface area contributed by atoms with Crippen molar-refractivity contribution in [2.24, 2.45) is 5.73 Å². The fourth-order valence-electron chi connectivity index (χ4n) is 2.33. The smallest absolute Gasteiger partial charge is 0.167 e. The van der Waals surface area contributed by atoms with E-state index < -0.39 is 0 Å². The normalized spacial score (nSPS) is 18.7. The average molecular weight is 223 g/mol. The van der Waals surface area contributed by atoms with Crippen LogP contribution in [-0.4, -0.2) is 14.5 Å². The molecule has 0 bridgehead atoms. The van der Waals surface area contributed by atoms with Crippen molar-refractivity contribution in [3.63, 3.8) is 0 Å². The van der Waals surface area contributed by atoms with Crippen LogP contribution < -0.4 is 5.73 Å². The van der Waals surface area contributed by atoms with E-state index in [0.717, 1.165) is 5.82 Å². The minimum atomic E-state index is 0.407. The van der Waals surface area contributed by atoms with Crippen LogP contribution in [0.25, 0.3) is 0 Å². The van der Waals surface area contributed by atoms with Gasteiger partial charge in [-0.3, -0.25) is 0 Å². The zero-order chi connectivity index (χ0) is 10.7. The minimum Gasteiger partial charge on any atom is -0.387 e. The summed E-state index contributed by atoms with van der Waals surface area (Å²) in [5.41, 5.74) is 5.65. The van der Waals surface area contributed by atoms with Crippen molar-refractivity contribution in [3.05, 3.63) is 18.2 Å². The van der Waals surface area contributed by atoms with Crippen LogP contribution in [-0.2, 0) is 0 Å². The summed E-state index contributed by atoms with van der Waals surface area (Å²) in [5.74, 6) is 0.775. The number of aromatic nitrogens is 2. The Kier molecular flexibility index (Phi) is 3.36. The molecule has 82 valence electrons. The third-order valence-corrected chi connectivity index (χ3v) is 3.29. The summed E-state index contributed by atoms with van der Waals surface area (Å²) in [6.07, 6.45) is 11.6. The molecule has 4 heteroatoms. The summed E-state index contributed by atoms with van der Waals surface area (Å²) in [5, 5.41) is 0. The Bertz CT molecular complexity index is 337. The first kappa shape index (κ1) is 10.6. The summed E-state index contributed by atoms with van der Waals surface area (Å²) >= 11 is 5.00. The van der Waals surface area contributed by atoms with Crippen molar-refractivity contribution in [3.8, 4) is 0 Å². The lowest BCUT2D eigenvalue weighted by atomic mass is 10.1. The number of thiocarbonyl (C=S) groups is 1. The highest BCUT2D eigenvalue weighted by atomic mass is 32.1. The van der Waals surface area contributed by atoms with E-state index in [0.29, 0.717) is 11.0 Å². The SMILES string of the molecule is NC(=S)c1nccn1C1CCCCCC1. The second-order valence-electron chi connectivity index (χ2n) is 4.17. The molecule has 0 atom stereocenters. The van der Waals surface area contributed by atoms with Crippen LogP contribution in [0.3, 0.4) is 0 Å². The number of nitrogens with zero attached hydrogens (tertiary/aromatic N) is 2. The number of rotatable bonds is 2. The van der Waals surface area contributed by atoms with Crippen molar-refractivity contribution in [1.82, 2.24) is 9.55 Å². The van der Waals surface area contributed by atoms with Gasteiger partial charge in [0.2, 0.25) is 0 Å². The van der Waals surface area contributed by atoms with E-state index >= 15 is 0 Å². The molecule has 0 spiro atoms. The summed E-state index contributed by atoms with van der Waals surface area (Å²) in [6, 6.07) is 0.548. The Morgan fingerprint density at radius 1 is 1.33 bits per heavy atom. The molecule has 0 unspecified atom stereocenters. The summed E-state index contributed by atoms with van der Waals surface area (Å²) in [6.45, 7) is 0.